The summed E-state index contributed by atoms with van der Waals surface area (Å²) in [6, 6.07) is -0.715. The highest BCUT2D eigenvalue weighted by Crippen LogP contribution is 2.09. The maximum absolute atomic E-state index is 11.6. The van der Waals surface area contributed by atoms with Crippen LogP contribution in [-0.2, 0) is 14.3 Å². The number of piperazine rings is 1. The van der Waals surface area contributed by atoms with E-state index >= 15 is 0 Å². The van der Waals surface area contributed by atoms with Crippen molar-refractivity contribution in [3.05, 3.63) is 0 Å². The molecule has 0 saturated carbocycles. The Bertz CT molecular complexity index is 284. The van der Waals surface area contributed by atoms with E-state index in [1.807, 2.05) is 0 Å². The highest BCUT2D eigenvalue weighted by atomic mass is 16.5. The van der Waals surface area contributed by atoms with Crippen molar-refractivity contribution in [1.29, 1.82) is 0 Å². The number of hydrogen-bond donors (Lipinski definition) is 3. The number of amides is 1. The van der Waals surface area contributed by atoms with Crippen LogP contribution in [0, 0.1) is 0 Å². The van der Waals surface area contributed by atoms with E-state index in [0.29, 0.717) is 13.1 Å². The SMILES string of the molecule is COCC(O)CN1CCNC(=O)C1CC(=O)O. The second-order valence-electron chi connectivity index (χ2n) is 4.01. The summed E-state index contributed by atoms with van der Waals surface area (Å²) in [5.74, 6) is -1.33. The molecule has 0 aromatic rings. The Labute approximate surface area is 99.4 Å². The van der Waals surface area contributed by atoms with E-state index in [4.69, 9.17) is 9.84 Å². The number of hydrogen-bond acceptors (Lipinski definition) is 5. The van der Waals surface area contributed by atoms with Crippen LogP contribution >= 0.6 is 0 Å². The van der Waals surface area contributed by atoms with E-state index < -0.39 is 18.1 Å². The molecule has 1 fully saturated rings. The molecular weight excluding hydrogens is 228 g/mol. The Morgan fingerprint density at radius 3 is 3.00 bits per heavy atom. The molecule has 0 aliphatic carbocycles. The average molecular weight is 246 g/mol. The second kappa shape index (κ2) is 6.53. The number of aliphatic hydroxyl groups excluding tert-OH is 1. The highest BCUT2D eigenvalue weighted by molar-refractivity contribution is 5.86. The van der Waals surface area contributed by atoms with E-state index in [1.54, 1.807) is 4.90 Å². The minimum atomic E-state index is -1.03. The number of nitrogens with zero attached hydrogens (tertiary/aromatic N) is 1. The molecule has 0 spiro atoms. The topological polar surface area (TPSA) is 99.1 Å². The first-order valence-electron chi connectivity index (χ1n) is 5.45. The van der Waals surface area contributed by atoms with Gasteiger partial charge >= 0.3 is 5.97 Å². The third kappa shape index (κ3) is 4.29. The first-order valence-corrected chi connectivity index (χ1v) is 5.45. The summed E-state index contributed by atoms with van der Waals surface area (Å²) >= 11 is 0. The van der Waals surface area contributed by atoms with E-state index in [2.05, 4.69) is 5.32 Å². The average Bonchev–Trinajstić information content (AvgIpc) is 2.23. The number of aliphatic hydroxyl groups is 1. The third-order valence-corrected chi connectivity index (χ3v) is 2.61. The van der Waals surface area contributed by atoms with Crippen LogP contribution in [0.1, 0.15) is 6.42 Å². The van der Waals surface area contributed by atoms with E-state index in [9.17, 15) is 14.7 Å². The van der Waals surface area contributed by atoms with Crippen molar-refractivity contribution in [1.82, 2.24) is 10.2 Å². The fourth-order valence-corrected chi connectivity index (χ4v) is 1.88. The number of β-amino-alcohol motifs (C(OH)–C–C–N with tert-alkyl or cyclic N) is 1. The number of ether oxygens (including phenoxy) is 1. The minimum absolute atomic E-state index is 0.165. The summed E-state index contributed by atoms with van der Waals surface area (Å²) in [5, 5.41) is 21.0. The van der Waals surface area contributed by atoms with Gasteiger partial charge in [0.25, 0.3) is 0 Å². The predicted molar refractivity (Wildman–Crippen MR) is 58.5 cm³/mol. The Balaban J connectivity index is 2.58. The van der Waals surface area contributed by atoms with Crippen LogP contribution in [-0.4, -0.2) is 72.5 Å². The number of carbonyl (C=O) groups excluding carboxylic acids is 1. The third-order valence-electron chi connectivity index (χ3n) is 2.61. The molecule has 1 heterocycles. The van der Waals surface area contributed by atoms with Crippen molar-refractivity contribution in [2.75, 3.05) is 33.4 Å². The maximum atomic E-state index is 11.6. The van der Waals surface area contributed by atoms with Crippen molar-refractivity contribution < 1.29 is 24.5 Å². The zero-order valence-electron chi connectivity index (χ0n) is 9.76. The van der Waals surface area contributed by atoms with Gasteiger partial charge in [-0.25, -0.2) is 0 Å². The van der Waals surface area contributed by atoms with Gasteiger partial charge in [0, 0.05) is 26.7 Å². The van der Waals surface area contributed by atoms with Crippen LogP contribution < -0.4 is 5.32 Å². The highest BCUT2D eigenvalue weighted by Gasteiger charge is 2.32. The van der Waals surface area contributed by atoms with Crippen LogP contribution in [0.5, 0.6) is 0 Å². The van der Waals surface area contributed by atoms with Crippen LogP contribution in [0.3, 0.4) is 0 Å². The standard InChI is InChI=1S/C10H18N2O5/c1-17-6-7(13)5-12-3-2-11-10(16)8(12)4-9(14)15/h7-8,13H,2-6H2,1H3,(H,11,16)(H,14,15). The van der Waals surface area contributed by atoms with Crippen molar-refractivity contribution in [3.63, 3.8) is 0 Å². The van der Waals surface area contributed by atoms with Gasteiger partial charge < -0.3 is 20.3 Å². The largest absolute Gasteiger partial charge is 0.481 e. The first kappa shape index (κ1) is 13.9. The summed E-state index contributed by atoms with van der Waals surface area (Å²) in [4.78, 5) is 23.9. The van der Waals surface area contributed by atoms with Crippen LogP contribution in [0.4, 0.5) is 0 Å². The van der Waals surface area contributed by atoms with Gasteiger partial charge in [0.15, 0.2) is 0 Å². The number of carboxylic acid groups (broad SMARTS) is 1. The number of rotatable bonds is 6. The van der Waals surface area contributed by atoms with Crippen molar-refractivity contribution in [2.45, 2.75) is 18.6 Å². The summed E-state index contributed by atoms with van der Waals surface area (Å²) < 4.78 is 4.79. The molecule has 98 valence electrons. The van der Waals surface area contributed by atoms with Gasteiger partial charge in [0.05, 0.1) is 25.2 Å². The zero-order chi connectivity index (χ0) is 12.8. The molecule has 1 amide bonds. The van der Waals surface area contributed by atoms with Crippen LogP contribution in [0.25, 0.3) is 0 Å². The van der Waals surface area contributed by atoms with Gasteiger partial charge in [-0.2, -0.15) is 0 Å². The van der Waals surface area contributed by atoms with Gasteiger partial charge in [0.2, 0.25) is 5.91 Å². The van der Waals surface area contributed by atoms with Crippen molar-refractivity contribution in [2.24, 2.45) is 0 Å². The Morgan fingerprint density at radius 2 is 2.41 bits per heavy atom. The van der Waals surface area contributed by atoms with Gasteiger partial charge in [-0.1, -0.05) is 0 Å². The van der Waals surface area contributed by atoms with Gasteiger partial charge in [-0.05, 0) is 0 Å². The number of carbonyl (C=O) groups is 2. The van der Waals surface area contributed by atoms with Crippen molar-refractivity contribution in [3.8, 4) is 0 Å². The van der Waals surface area contributed by atoms with E-state index in [0.717, 1.165) is 0 Å². The molecule has 1 saturated heterocycles. The maximum Gasteiger partial charge on any atom is 0.305 e. The summed E-state index contributed by atoms with van der Waals surface area (Å²) in [6.45, 7) is 1.40. The molecule has 17 heavy (non-hydrogen) atoms. The van der Waals surface area contributed by atoms with Gasteiger partial charge in [0.1, 0.15) is 0 Å². The van der Waals surface area contributed by atoms with Crippen LogP contribution in [0.2, 0.25) is 0 Å². The quantitative estimate of drug-likeness (QED) is 0.515. The van der Waals surface area contributed by atoms with Gasteiger partial charge in [-0.3, -0.25) is 14.5 Å². The Kier molecular flexibility index (Phi) is 5.33. The lowest BCUT2D eigenvalue weighted by atomic mass is 10.1. The first-order chi connectivity index (χ1) is 8.04. The normalized spacial score (nSPS) is 23.2. The smallest absolute Gasteiger partial charge is 0.305 e. The molecule has 0 bridgehead atoms. The molecule has 7 heteroatoms. The monoisotopic (exact) mass is 246 g/mol. The lowest BCUT2D eigenvalue weighted by Gasteiger charge is -2.35. The van der Waals surface area contributed by atoms with Crippen molar-refractivity contribution >= 4 is 11.9 Å². The molecule has 7 nitrogen and oxygen atoms in total. The number of aliphatic carboxylic acids is 1. The van der Waals surface area contributed by atoms with E-state index in [-0.39, 0.29) is 25.5 Å². The summed E-state index contributed by atoms with van der Waals surface area (Å²) in [5.41, 5.74) is 0. The van der Waals surface area contributed by atoms with E-state index in [1.165, 1.54) is 7.11 Å². The fourth-order valence-electron chi connectivity index (χ4n) is 1.88. The van der Waals surface area contributed by atoms with Gasteiger partial charge in [-0.15, -0.1) is 0 Å². The molecule has 1 rings (SSSR count). The lowest BCUT2D eigenvalue weighted by Crippen LogP contribution is -2.57. The molecule has 2 atom stereocenters. The Hall–Kier alpha value is -1.18. The Morgan fingerprint density at radius 1 is 1.71 bits per heavy atom. The minimum Gasteiger partial charge on any atom is -0.481 e. The predicted octanol–water partition coefficient (Wildman–Crippen LogP) is -1.73. The zero-order valence-corrected chi connectivity index (χ0v) is 9.76. The fraction of sp³-hybridized carbons (Fsp3) is 0.800. The molecule has 1 aliphatic rings. The summed E-state index contributed by atoms with van der Waals surface area (Å²) in [7, 11) is 1.47. The number of nitrogens with one attached hydrogen (secondary N) is 1. The molecule has 1 aliphatic heterocycles. The number of methoxy groups -OCH3 is 1. The second-order valence-corrected chi connectivity index (χ2v) is 4.01. The number of carboxylic acids is 1. The molecule has 0 radical (unpaired) electrons. The van der Waals surface area contributed by atoms with Crippen LogP contribution in [0.15, 0.2) is 0 Å². The molecule has 0 aromatic carbocycles. The summed E-state index contributed by atoms with van der Waals surface area (Å²) in [6.07, 6.45) is -0.979. The molecule has 0 aromatic heterocycles. The molecule has 2 unspecified atom stereocenters. The molecule has 3 N–H and O–H groups in total. The lowest BCUT2D eigenvalue weighted by molar-refractivity contribution is -0.143. The molecular formula is C10H18N2O5.